The van der Waals surface area contributed by atoms with Gasteiger partial charge in [0.1, 0.15) is 0 Å². The van der Waals surface area contributed by atoms with Crippen LogP contribution in [-0.2, 0) is 0 Å². The largest absolute Gasteiger partial charge is 0.358 e. The number of hydrogen-bond acceptors (Lipinski definition) is 5. The fourth-order valence-electron chi connectivity index (χ4n) is 4.04. The molecule has 6 heteroatoms. The van der Waals surface area contributed by atoms with Gasteiger partial charge in [-0.25, -0.2) is 9.97 Å². The molecule has 0 bridgehead atoms. The quantitative estimate of drug-likeness (QED) is 0.708. The fourth-order valence-corrected chi connectivity index (χ4v) is 4.04. The molecule has 28 heavy (non-hydrogen) atoms. The molecule has 1 aliphatic rings. The first kappa shape index (κ1) is 18.6. The van der Waals surface area contributed by atoms with Crippen LogP contribution in [0.25, 0.3) is 10.9 Å². The normalized spacial score (nSPS) is 15.4. The highest BCUT2D eigenvalue weighted by Gasteiger charge is 2.23. The lowest BCUT2D eigenvalue weighted by atomic mass is 10.0. The zero-order valence-electron chi connectivity index (χ0n) is 17.0. The fraction of sp³-hybridized carbons (Fsp3) is 0.409. The van der Waals surface area contributed by atoms with Crippen LogP contribution < -0.4 is 4.90 Å². The second-order valence-electron chi connectivity index (χ2n) is 7.81. The van der Waals surface area contributed by atoms with Gasteiger partial charge in [-0.1, -0.05) is 12.1 Å². The molecule has 4 rings (SSSR count). The molecule has 3 heterocycles. The lowest BCUT2D eigenvalue weighted by Crippen LogP contribution is -2.48. The van der Waals surface area contributed by atoms with Crippen molar-refractivity contribution in [2.45, 2.75) is 27.7 Å². The summed E-state index contributed by atoms with van der Waals surface area (Å²) in [6.45, 7) is 11.8. The number of nitrogens with zero attached hydrogens (tertiary/aromatic N) is 4. The van der Waals surface area contributed by atoms with Crippen LogP contribution in [0.2, 0.25) is 0 Å². The highest BCUT2D eigenvalue weighted by molar-refractivity contribution is 6.10. The van der Waals surface area contributed by atoms with Gasteiger partial charge >= 0.3 is 0 Å². The van der Waals surface area contributed by atoms with Crippen molar-refractivity contribution in [2.24, 2.45) is 0 Å². The van der Waals surface area contributed by atoms with Gasteiger partial charge in [0.05, 0.1) is 6.54 Å². The third kappa shape index (κ3) is 3.64. The molecule has 1 saturated heterocycles. The van der Waals surface area contributed by atoms with Gasteiger partial charge in [-0.05, 0) is 45.4 Å². The number of carbonyl (C=O) groups is 1. The molecule has 0 saturated carbocycles. The summed E-state index contributed by atoms with van der Waals surface area (Å²) in [5.41, 5.74) is 5.99. The van der Waals surface area contributed by atoms with Crippen molar-refractivity contribution in [3.63, 3.8) is 0 Å². The number of aryl methyl sites for hydroxylation is 4. The molecular weight excluding hydrogens is 350 g/mol. The minimum Gasteiger partial charge on any atom is -0.358 e. The maximum atomic E-state index is 13.0. The molecule has 0 atom stereocenters. The molecule has 0 radical (unpaired) electrons. The first-order valence-electron chi connectivity index (χ1n) is 9.82. The van der Waals surface area contributed by atoms with E-state index in [1.165, 1.54) is 5.56 Å². The van der Waals surface area contributed by atoms with Crippen LogP contribution in [-0.4, -0.2) is 58.4 Å². The first-order chi connectivity index (χ1) is 13.4. The maximum absolute atomic E-state index is 13.0. The highest BCUT2D eigenvalue weighted by Crippen LogP contribution is 2.24. The summed E-state index contributed by atoms with van der Waals surface area (Å²) in [6.07, 6.45) is 0. The van der Waals surface area contributed by atoms with Crippen LogP contribution in [0.1, 0.15) is 33.0 Å². The summed E-state index contributed by atoms with van der Waals surface area (Å²) < 4.78 is 0. The minimum absolute atomic E-state index is 0.184. The number of aromatic amines is 1. The number of fused-ring (bicyclic) bond motifs is 1. The van der Waals surface area contributed by atoms with Gasteiger partial charge in [0.2, 0.25) is 5.95 Å². The molecule has 1 fully saturated rings. The van der Waals surface area contributed by atoms with Crippen LogP contribution in [0.4, 0.5) is 5.95 Å². The number of nitrogens with one attached hydrogen (secondary N) is 1. The van der Waals surface area contributed by atoms with E-state index in [9.17, 15) is 4.79 Å². The van der Waals surface area contributed by atoms with Crippen molar-refractivity contribution < 1.29 is 4.79 Å². The molecule has 1 aromatic carbocycles. The smallest absolute Gasteiger partial charge is 0.225 e. The molecule has 1 N–H and O–H groups in total. The molecule has 6 nitrogen and oxygen atoms in total. The summed E-state index contributed by atoms with van der Waals surface area (Å²) in [5.74, 6) is 0.982. The van der Waals surface area contributed by atoms with Crippen LogP contribution in [0, 0.1) is 27.7 Å². The van der Waals surface area contributed by atoms with E-state index in [0.717, 1.165) is 65.7 Å². The Morgan fingerprint density at radius 2 is 1.68 bits per heavy atom. The van der Waals surface area contributed by atoms with E-state index in [-0.39, 0.29) is 5.78 Å². The van der Waals surface area contributed by atoms with Gasteiger partial charge < -0.3 is 9.88 Å². The van der Waals surface area contributed by atoms with E-state index in [2.05, 4.69) is 49.9 Å². The second-order valence-corrected chi connectivity index (χ2v) is 7.81. The first-order valence-corrected chi connectivity index (χ1v) is 9.82. The third-order valence-corrected chi connectivity index (χ3v) is 5.41. The number of piperazine rings is 1. The molecule has 0 unspecified atom stereocenters. The zero-order valence-corrected chi connectivity index (χ0v) is 17.0. The summed E-state index contributed by atoms with van der Waals surface area (Å²) >= 11 is 0. The van der Waals surface area contributed by atoms with Crippen molar-refractivity contribution >= 4 is 22.6 Å². The summed E-state index contributed by atoms with van der Waals surface area (Å²) in [5, 5.41) is 1.02. The molecule has 0 aliphatic carbocycles. The van der Waals surface area contributed by atoms with Crippen molar-refractivity contribution in [3.8, 4) is 0 Å². The summed E-state index contributed by atoms with van der Waals surface area (Å²) in [4.78, 5) is 30.0. The lowest BCUT2D eigenvalue weighted by molar-refractivity contribution is 0.0927. The predicted octanol–water partition coefficient (Wildman–Crippen LogP) is 3.20. The topological polar surface area (TPSA) is 65.1 Å². The van der Waals surface area contributed by atoms with E-state index in [1.807, 2.05) is 26.8 Å². The Balaban J connectivity index is 1.44. The number of hydrogen-bond donors (Lipinski definition) is 1. The van der Waals surface area contributed by atoms with Crippen LogP contribution in [0.5, 0.6) is 0 Å². The summed E-state index contributed by atoms with van der Waals surface area (Å²) in [7, 11) is 0. The van der Waals surface area contributed by atoms with Gasteiger partial charge in [0, 0.05) is 59.7 Å². The number of benzene rings is 1. The Labute approximate surface area is 165 Å². The van der Waals surface area contributed by atoms with E-state index in [1.54, 1.807) is 0 Å². The average molecular weight is 377 g/mol. The molecule has 2 aromatic heterocycles. The minimum atomic E-state index is 0.184. The molecule has 146 valence electrons. The van der Waals surface area contributed by atoms with Crippen molar-refractivity contribution in [2.75, 3.05) is 37.6 Å². The van der Waals surface area contributed by atoms with Crippen molar-refractivity contribution in [1.82, 2.24) is 19.9 Å². The number of rotatable bonds is 4. The predicted molar refractivity (Wildman–Crippen MR) is 112 cm³/mol. The van der Waals surface area contributed by atoms with Gasteiger partial charge in [-0.3, -0.25) is 9.69 Å². The van der Waals surface area contributed by atoms with Gasteiger partial charge in [0.15, 0.2) is 5.78 Å². The Morgan fingerprint density at radius 3 is 2.36 bits per heavy atom. The molecular formula is C22H27N5O. The number of ketones is 1. The maximum Gasteiger partial charge on any atom is 0.225 e. The monoisotopic (exact) mass is 377 g/mol. The highest BCUT2D eigenvalue weighted by atomic mass is 16.1. The van der Waals surface area contributed by atoms with Gasteiger partial charge in [0.25, 0.3) is 0 Å². The standard InChI is InChI=1S/C22H27N5O/c1-14-5-6-18-19(11-14)25-17(4)21(18)20(28)13-26-7-9-27(10-8-26)22-23-15(2)12-16(3)24-22/h5-6,11-12,25H,7-10,13H2,1-4H3. The molecule has 0 amide bonds. The Hall–Kier alpha value is -2.73. The lowest BCUT2D eigenvalue weighted by Gasteiger charge is -2.34. The number of Topliss-reactive ketones (excluding diaryl/α,β-unsaturated/α-hetero) is 1. The van der Waals surface area contributed by atoms with Crippen LogP contribution in [0.15, 0.2) is 24.3 Å². The number of H-pyrrole nitrogens is 1. The van der Waals surface area contributed by atoms with Crippen molar-refractivity contribution in [1.29, 1.82) is 0 Å². The second kappa shape index (κ2) is 7.36. The Bertz CT molecular complexity index is 1010. The Kier molecular flexibility index (Phi) is 4.89. The molecule has 0 spiro atoms. The van der Waals surface area contributed by atoms with E-state index in [4.69, 9.17) is 0 Å². The van der Waals surface area contributed by atoms with Crippen LogP contribution >= 0.6 is 0 Å². The zero-order chi connectivity index (χ0) is 19.8. The number of carbonyl (C=O) groups excluding carboxylic acids is 1. The summed E-state index contributed by atoms with van der Waals surface area (Å²) in [6, 6.07) is 8.21. The van der Waals surface area contributed by atoms with Gasteiger partial charge in [-0.2, -0.15) is 0 Å². The third-order valence-electron chi connectivity index (χ3n) is 5.41. The number of anilines is 1. The number of aromatic nitrogens is 3. The van der Waals surface area contributed by atoms with Gasteiger partial charge in [-0.15, -0.1) is 0 Å². The van der Waals surface area contributed by atoms with Crippen LogP contribution in [0.3, 0.4) is 0 Å². The van der Waals surface area contributed by atoms with E-state index < -0.39 is 0 Å². The molecule has 1 aliphatic heterocycles. The van der Waals surface area contributed by atoms with Crippen molar-refractivity contribution in [3.05, 3.63) is 52.5 Å². The Morgan fingerprint density at radius 1 is 1.00 bits per heavy atom. The SMILES string of the molecule is Cc1ccc2c(C(=O)CN3CCN(c4nc(C)cc(C)n4)CC3)c(C)[nH]c2c1. The molecule has 3 aromatic rings. The van der Waals surface area contributed by atoms with E-state index in [0.29, 0.717) is 6.54 Å². The van der Waals surface area contributed by atoms with E-state index >= 15 is 0 Å². The average Bonchev–Trinajstić information content (AvgIpc) is 2.96.